The van der Waals surface area contributed by atoms with Gasteiger partial charge in [0, 0.05) is 23.4 Å². The Hall–Kier alpha value is -3.73. The Morgan fingerprint density at radius 1 is 1.18 bits per heavy atom. The number of rotatable bonds is 9. The molecule has 33 heavy (non-hydrogen) atoms. The number of anilines is 1. The smallest absolute Gasteiger partial charge is 0.270 e. The first-order chi connectivity index (χ1) is 15.7. The molecule has 172 valence electrons. The standard InChI is InChI=1S/C22H24N6O4S/c1-13(2)19(24-21(30)15-5-4-6-17(11-15)28(31)32)20-25-22(27-26-20)33-12-18(29)23-16-9-7-14(3)8-10-16/h4-11,13,19H,12H2,1-3H3,(H,23,29)(H,24,30)(H,25,26,27)/t19-/m0/s1. The highest BCUT2D eigenvalue weighted by atomic mass is 32.2. The van der Waals surface area contributed by atoms with Crippen molar-refractivity contribution in [2.75, 3.05) is 11.1 Å². The van der Waals surface area contributed by atoms with Gasteiger partial charge in [-0.3, -0.25) is 24.8 Å². The van der Waals surface area contributed by atoms with E-state index in [1.165, 1.54) is 36.0 Å². The molecule has 0 aliphatic heterocycles. The van der Waals surface area contributed by atoms with Gasteiger partial charge in [-0.05, 0) is 31.0 Å². The van der Waals surface area contributed by atoms with Crippen LogP contribution in [0.15, 0.2) is 53.7 Å². The lowest BCUT2D eigenvalue weighted by molar-refractivity contribution is -0.384. The van der Waals surface area contributed by atoms with Crippen molar-refractivity contribution < 1.29 is 14.5 Å². The Balaban J connectivity index is 1.61. The minimum absolute atomic E-state index is 0.0386. The number of H-pyrrole nitrogens is 1. The number of hydrogen-bond acceptors (Lipinski definition) is 7. The predicted octanol–water partition coefficient (Wildman–Crippen LogP) is 3.88. The van der Waals surface area contributed by atoms with E-state index in [4.69, 9.17) is 0 Å². The average Bonchev–Trinajstić information content (AvgIpc) is 3.26. The number of aryl methyl sites for hydroxylation is 1. The summed E-state index contributed by atoms with van der Waals surface area (Å²) >= 11 is 1.17. The number of thioether (sulfide) groups is 1. The number of hydrogen-bond donors (Lipinski definition) is 3. The number of amides is 2. The van der Waals surface area contributed by atoms with Crippen molar-refractivity contribution in [2.45, 2.75) is 32.0 Å². The minimum atomic E-state index is -0.550. The van der Waals surface area contributed by atoms with Crippen molar-refractivity contribution in [1.82, 2.24) is 20.5 Å². The second-order valence-electron chi connectivity index (χ2n) is 7.71. The quantitative estimate of drug-likeness (QED) is 0.246. The lowest BCUT2D eigenvalue weighted by atomic mass is 10.0. The van der Waals surface area contributed by atoms with Crippen LogP contribution in [0.4, 0.5) is 11.4 Å². The Morgan fingerprint density at radius 3 is 2.58 bits per heavy atom. The zero-order valence-corrected chi connectivity index (χ0v) is 19.2. The maximum atomic E-state index is 12.7. The molecule has 1 heterocycles. The molecule has 1 atom stereocenters. The van der Waals surface area contributed by atoms with E-state index in [1.807, 2.05) is 45.0 Å². The summed E-state index contributed by atoms with van der Waals surface area (Å²) in [6.45, 7) is 5.78. The molecule has 2 aromatic carbocycles. The van der Waals surface area contributed by atoms with Crippen LogP contribution in [-0.4, -0.2) is 37.7 Å². The molecular formula is C22H24N6O4S. The molecule has 0 radical (unpaired) electrons. The normalized spacial score (nSPS) is 11.8. The monoisotopic (exact) mass is 468 g/mol. The van der Waals surface area contributed by atoms with Gasteiger partial charge in [0.05, 0.1) is 16.7 Å². The van der Waals surface area contributed by atoms with Crippen molar-refractivity contribution >= 4 is 35.0 Å². The summed E-state index contributed by atoms with van der Waals surface area (Å²) < 4.78 is 0. The number of nitrogens with one attached hydrogen (secondary N) is 3. The molecule has 2 amide bonds. The number of benzene rings is 2. The third-order valence-corrected chi connectivity index (χ3v) is 5.56. The van der Waals surface area contributed by atoms with Crippen molar-refractivity contribution in [3.05, 3.63) is 75.6 Å². The number of nitrogens with zero attached hydrogens (tertiary/aromatic N) is 3. The topological polar surface area (TPSA) is 143 Å². The predicted molar refractivity (Wildman–Crippen MR) is 125 cm³/mol. The molecule has 0 unspecified atom stereocenters. The molecule has 0 saturated carbocycles. The summed E-state index contributed by atoms with van der Waals surface area (Å²) in [4.78, 5) is 39.7. The molecule has 0 bridgehead atoms. The van der Waals surface area contributed by atoms with Gasteiger partial charge in [-0.1, -0.05) is 49.4 Å². The number of carbonyl (C=O) groups excluding carboxylic acids is 2. The van der Waals surface area contributed by atoms with Crippen LogP contribution < -0.4 is 10.6 Å². The summed E-state index contributed by atoms with van der Waals surface area (Å²) in [5.41, 5.74) is 1.83. The summed E-state index contributed by atoms with van der Waals surface area (Å²) in [7, 11) is 0. The zero-order valence-electron chi connectivity index (χ0n) is 18.4. The van der Waals surface area contributed by atoms with Crippen LogP contribution >= 0.6 is 11.8 Å². The first-order valence-corrected chi connectivity index (χ1v) is 11.2. The maximum absolute atomic E-state index is 12.7. The molecular weight excluding hydrogens is 444 g/mol. The number of aromatic nitrogens is 3. The Kier molecular flexibility index (Phi) is 7.78. The molecule has 3 aromatic rings. The molecule has 0 aliphatic carbocycles. The van der Waals surface area contributed by atoms with Gasteiger partial charge < -0.3 is 10.6 Å². The molecule has 3 N–H and O–H groups in total. The van der Waals surface area contributed by atoms with Crippen LogP contribution in [0.5, 0.6) is 0 Å². The maximum Gasteiger partial charge on any atom is 0.270 e. The molecule has 0 spiro atoms. The average molecular weight is 469 g/mol. The summed E-state index contributed by atoms with van der Waals surface area (Å²) in [6.07, 6.45) is 0. The number of aromatic amines is 1. The number of carbonyl (C=O) groups is 2. The van der Waals surface area contributed by atoms with E-state index in [-0.39, 0.29) is 28.8 Å². The van der Waals surface area contributed by atoms with Crippen LogP contribution in [-0.2, 0) is 4.79 Å². The third-order valence-electron chi connectivity index (χ3n) is 4.72. The van der Waals surface area contributed by atoms with Crippen LogP contribution in [0.25, 0.3) is 0 Å². The number of non-ortho nitro benzene ring substituents is 1. The molecule has 1 aromatic heterocycles. The van der Waals surface area contributed by atoms with E-state index in [9.17, 15) is 19.7 Å². The fraction of sp³-hybridized carbons (Fsp3) is 0.273. The molecule has 11 heteroatoms. The van der Waals surface area contributed by atoms with Crippen molar-refractivity contribution in [1.29, 1.82) is 0 Å². The second kappa shape index (κ2) is 10.7. The van der Waals surface area contributed by atoms with Gasteiger partial charge in [0.2, 0.25) is 11.1 Å². The van der Waals surface area contributed by atoms with E-state index < -0.39 is 16.9 Å². The van der Waals surface area contributed by atoms with Gasteiger partial charge in [-0.25, -0.2) is 4.98 Å². The second-order valence-corrected chi connectivity index (χ2v) is 8.65. The van der Waals surface area contributed by atoms with E-state index >= 15 is 0 Å². The van der Waals surface area contributed by atoms with Crippen molar-refractivity contribution in [2.24, 2.45) is 5.92 Å². The first kappa shape index (κ1) is 23.9. The zero-order chi connectivity index (χ0) is 24.0. The van der Waals surface area contributed by atoms with E-state index in [0.29, 0.717) is 16.7 Å². The van der Waals surface area contributed by atoms with Gasteiger partial charge in [-0.15, -0.1) is 5.10 Å². The van der Waals surface area contributed by atoms with Crippen LogP contribution in [0.3, 0.4) is 0 Å². The van der Waals surface area contributed by atoms with Crippen LogP contribution in [0.1, 0.15) is 41.6 Å². The van der Waals surface area contributed by atoms with E-state index in [0.717, 1.165) is 5.56 Å². The highest BCUT2D eigenvalue weighted by molar-refractivity contribution is 7.99. The lowest BCUT2D eigenvalue weighted by Gasteiger charge is -2.19. The molecule has 3 rings (SSSR count). The molecule has 0 aliphatic rings. The molecule has 0 saturated heterocycles. The lowest BCUT2D eigenvalue weighted by Crippen LogP contribution is -2.32. The minimum Gasteiger partial charge on any atom is -0.342 e. The highest BCUT2D eigenvalue weighted by Crippen LogP contribution is 2.22. The largest absolute Gasteiger partial charge is 0.342 e. The first-order valence-electron chi connectivity index (χ1n) is 10.2. The van der Waals surface area contributed by atoms with Gasteiger partial charge in [0.15, 0.2) is 0 Å². The molecule has 10 nitrogen and oxygen atoms in total. The Labute approximate surface area is 194 Å². The van der Waals surface area contributed by atoms with Crippen molar-refractivity contribution in [3.63, 3.8) is 0 Å². The number of nitro benzene ring substituents is 1. The van der Waals surface area contributed by atoms with Gasteiger partial charge in [0.25, 0.3) is 11.6 Å². The Bertz CT molecular complexity index is 1150. The van der Waals surface area contributed by atoms with E-state index in [2.05, 4.69) is 25.8 Å². The van der Waals surface area contributed by atoms with Gasteiger partial charge in [-0.2, -0.15) is 0 Å². The van der Waals surface area contributed by atoms with Gasteiger partial charge in [0.1, 0.15) is 5.82 Å². The fourth-order valence-corrected chi connectivity index (χ4v) is 3.57. The van der Waals surface area contributed by atoms with Gasteiger partial charge >= 0.3 is 0 Å². The summed E-state index contributed by atoms with van der Waals surface area (Å²) in [6, 6.07) is 12.5. The third kappa shape index (κ3) is 6.62. The number of nitro groups is 1. The van der Waals surface area contributed by atoms with Crippen LogP contribution in [0.2, 0.25) is 0 Å². The van der Waals surface area contributed by atoms with Crippen LogP contribution in [0, 0.1) is 23.0 Å². The fourth-order valence-electron chi connectivity index (χ4n) is 2.96. The summed E-state index contributed by atoms with van der Waals surface area (Å²) in [5.74, 6) is -0.124. The highest BCUT2D eigenvalue weighted by Gasteiger charge is 2.24. The molecule has 0 fully saturated rings. The SMILES string of the molecule is Cc1ccc(NC(=O)CSc2n[nH]c([C@@H](NC(=O)c3cccc([N+](=O)[O-])c3)C(C)C)n2)cc1. The Morgan fingerprint density at radius 2 is 1.91 bits per heavy atom. The van der Waals surface area contributed by atoms with E-state index in [1.54, 1.807) is 0 Å². The summed E-state index contributed by atoms with van der Waals surface area (Å²) in [5, 5.41) is 24.0. The van der Waals surface area contributed by atoms with Crippen molar-refractivity contribution in [3.8, 4) is 0 Å².